The van der Waals surface area contributed by atoms with Gasteiger partial charge in [0.2, 0.25) is 0 Å². The van der Waals surface area contributed by atoms with Crippen molar-refractivity contribution in [2.24, 2.45) is 11.8 Å². The van der Waals surface area contributed by atoms with Gasteiger partial charge in [0.05, 0.1) is 45.7 Å². The zero-order valence-electron chi connectivity index (χ0n) is 32.8. The van der Waals surface area contributed by atoms with Crippen LogP contribution in [0.4, 0.5) is 0 Å². The summed E-state index contributed by atoms with van der Waals surface area (Å²) in [5, 5.41) is 0. The zero-order valence-corrected chi connectivity index (χ0v) is 32.8. The molecule has 1 fully saturated rings. The van der Waals surface area contributed by atoms with Gasteiger partial charge < -0.3 is 23.7 Å². The highest BCUT2D eigenvalue weighted by Crippen LogP contribution is 2.36. The van der Waals surface area contributed by atoms with E-state index < -0.39 is 0 Å². The molecule has 0 aliphatic carbocycles. The van der Waals surface area contributed by atoms with Gasteiger partial charge in [0.25, 0.3) is 0 Å². The third-order valence-corrected chi connectivity index (χ3v) is 10.3. The van der Waals surface area contributed by atoms with Crippen LogP contribution in [0.3, 0.4) is 0 Å². The molecule has 5 aromatic rings. The molecular weight excluding hydrogens is 695 g/mol. The van der Waals surface area contributed by atoms with Crippen LogP contribution >= 0.6 is 0 Å². The van der Waals surface area contributed by atoms with Crippen molar-refractivity contribution < 1.29 is 23.7 Å². The van der Waals surface area contributed by atoms with Gasteiger partial charge >= 0.3 is 0 Å². The molecule has 56 heavy (non-hydrogen) atoms. The van der Waals surface area contributed by atoms with Crippen molar-refractivity contribution >= 4 is 0 Å². The molecule has 1 saturated heterocycles. The van der Waals surface area contributed by atoms with E-state index in [0.717, 1.165) is 43.6 Å². The second-order valence-electron chi connectivity index (χ2n) is 14.7. The fraction of sp³-hybridized carbons (Fsp3) is 0.360. The average Bonchev–Trinajstić information content (AvgIpc) is 3.24. The summed E-state index contributed by atoms with van der Waals surface area (Å²) in [4.78, 5) is 2.42. The topological polar surface area (TPSA) is 49.4 Å². The maximum absolute atomic E-state index is 6.77. The van der Waals surface area contributed by atoms with E-state index >= 15 is 0 Å². The van der Waals surface area contributed by atoms with Gasteiger partial charge in [-0.3, -0.25) is 4.90 Å². The smallest absolute Gasteiger partial charge is 0.119 e. The number of ether oxygens (including phenoxy) is 5. The first-order chi connectivity index (χ1) is 27.7. The van der Waals surface area contributed by atoms with E-state index in [0.29, 0.717) is 52.2 Å². The SMILES string of the molecule is C[C@@H](Cc1ccccc1)[C@@H]1C[C@@H](C#CCOCCOCCN(Cc2ccccc2)Cc2ccccc2)O[C@H](COCc2ccccc2)[C@@H]1OCc1ccccc1. The van der Waals surface area contributed by atoms with Crippen LogP contribution in [0.1, 0.15) is 41.2 Å². The lowest BCUT2D eigenvalue weighted by Gasteiger charge is -2.43. The molecule has 292 valence electrons. The van der Waals surface area contributed by atoms with Gasteiger partial charge in [-0.1, -0.05) is 170 Å². The highest BCUT2D eigenvalue weighted by Gasteiger charge is 2.41. The maximum Gasteiger partial charge on any atom is 0.119 e. The number of nitrogens with zero attached hydrogens (tertiary/aromatic N) is 1. The molecule has 5 atom stereocenters. The minimum Gasteiger partial charge on any atom is -0.378 e. The van der Waals surface area contributed by atoms with Crippen LogP contribution in [0, 0.1) is 23.7 Å². The van der Waals surface area contributed by atoms with Gasteiger partial charge in [-0.25, -0.2) is 0 Å². The fourth-order valence-electron chi connectivity index (χ4n) is 7.38. The number of benzene rings is 5. The van der Waals surface area contributed by atoms with E-state index in [9.17, 15) is 0 Å². The van der Waals surface area contributed by atoms with Crippen molar-refractivity contribution in [1.82, 2.24) is 4.90 Å². The molecule has 0 aromatic heterocycles. The Balaban J connectivity index is 1.02. The summed E-state index contributed by atoms with van der Waals surface area (Å²) in [6, 6.07) is 52.5. The highest BCUT2D eigenvalue weighted by molar-refractivity contribution is 5.19. The monoisotopic (exact) mass is 751 g/mol. The second kappa shape index (κ2) is 23.5. The molecule has 1 aliphatic rings. The first kappa shape index (κ1) is 41.1. The van der Waals surface area contributed by atoms with E-state index in [1.54, 1.807) is 0 Å². The second-order valence-corrected chi connectivity index (χ2v) is 14.7. The third kappa shape index (κ3) is 14.2. The molecule has 6 nitrogen and oxygen atoms in total. The number of hydrogen-bond donors (Lipinski definition) is 0. The standard InChI is InChI=1S/C50H57NO5/c1-41(34-42-18-7-2-8-19-42)48-35-47(56-49(40-54-38-45-24-13-5-14-25-45)50(48)55-39-46-26-15-6-16-27-46)28-17-30-52-32-33-53-31-29-51(36-43-20-9-3-10-21-43)37-44-22-11-4-12-23-44/h2-16,18-27,41,47-50H,29-40H2,1H3/t41-,47+,48-,49+,50+/m0/s1. The predicted octanol–water partition coefficient (Wildman–Crippen LogP) is 9.18. The Hall–Kier alpha value is -4.58. The van der Waals surface area contributed by atoms with Crippen LogP contribution in [-0.2, 0) is 56.4 Å². The van der Waals surface area contributed by atoms with Crippen molar-refractivity contribution in [3.8, 4) is 11.8 Å². The Morgan fingerprint density at radius 3 is 1.71 bits per heavy atom. The summed E-state index contributed by atoms with van der Waals surface area (Å²) in [7, 11) is 0. The lowest BCUT2D eigenvalue weighted by atomic mass is 9.77. The van der Waals surface area contributed by atoms with E-state index in [-0.39, 0.29) is 24.2 Å². The highest BCUT2D eigenvalue weighted by atomic mass is 16.6. The molecule has 5 aromatic carbocycles. The van der Waals surface area contributed by atoms with Gasteiger partial charge in [0.1, 0.15) is 18.8 Å². The summed E-state index contributed by atoms with van der Waals surface area (Å²) in [5.74, 6) is 7.23. The van der Waals surface area contributed by atoms with Crippen molar-refractivity contribution in [1.29, 1.82) is 0 Å². The van der Waals surface area contributed by atoms with E-state index in [2.05, 4.69) is 151 Å². The van der Waals surface area contributed by atoms with Crippen molar-refractivity contribution in [3.63, 3.8) is 0 Å². The van der Waals surface area contributed by atoms with Crippen LogP contribution in [0.25, 0.3) is 0 Å². The largest absolute Gasteiger partial charge is 0.378 e. The molecule has 1 aliphatic heterocycles. The van der Waals surface area contributed by atoms with Gasteiger partial charge in [0, 0.05) is 19.6 Å². The Kier molecular flexibility index (Phi) is 17.2. The molecule has 0 radical (unpaired) electrons. The van der Waals surface area contributed by atoms with Crippen molar-refractivity contribution in [3.05, 3.63) is 179 Å². The number of hydrogen-bond acceptors (Lipinski definition) is 6. The maximum atomic E-state index is 6.77. The summed E-state index contributed by atoms with van der Waals surface area (Å²) in [6.45, 7) is 8.33. The van der Waals surface area contributed by atoms with E-state index in [1.807, 2.05) is 24.3 Å². The van der Waals surface area contributed by atoms with Crippen LogP contribution in [0.5, 0.6) is 0 Å². The summed E-state index contributed by atoms with van der Waals surface area (Å²) >= 11 is 0. The van der Waals surface area contributed by atoms with Crippen LogP contribution in [0.15, 0.2) is 152 Å². The first-order valence-electron chi connectivity index (χ1n) is 20.1. The van der Waals surface area contributed by atoms with Crippen LogP contribution in [-0.4, -0.2) is 62.8 Å². The van der Waals surface area contributed by atoms with Crippen molar-refractivity contribution in [2.45, 2.75) is 64.4 Å². The molecule has 1 heterocycles. The lowest BCUT2D eigenvalue weighted by Crippen LogP contribution is -2.50. The Labute approximate surface area is 334 Å². The van der Waals surface area contributed by atoms with Gasteiger partial charge in [-0.05, 0) is 52.5 Å². The molecule has 6 heteroatoms. The average molecular weight is 752 g/mol. The third-order valence-electron chi connectivity index (χ3n) is 10.3. The number of rotatable bonds is 21. The van der Waals surface area contributed by atoms with Gasteiger partial charge in [-0.15, -0.1) is 0 Å². The molecule has 0 spiro atoms. The Morgan fingerprint density at radius 1 is 0.607 bits per heavy atom. The summed E-state index contributed by atoms with van der Waals surface area (Å²) in [6.07, 6.45) is 1.07. The summed E-state index contributed by atoms with van der Waals surface area (Å²) < 4.78 is 31.7. The van der Waals surface area contributed by atoms with Crippen LogP contribution in [0.2, 0.25) is 0 Å². The predicted molar refractivity (Wildman–Crippen MR) is 224 cm³/mol. The molecular formula is C50H57NO5. The molecule has 0 saturated carbocycles. The summed E-state index contributed by atoms with van der Waals surface area (Å²) in [5.41, 5.74) is 6.19. The molecule has 0 N–H and O–H groups in total. The zero-order chi connectivity index (χ0) is 38.5. The van der Waals surface area contributed by atoms with Gasteiger partial charge in [-0.2, -0.15) is 0 Å². The van der Waals surface area contributed by atoms with Crippen molar-refractivity contribution in [2.75, 3.05) is 39.6 Å². The molecule has 0 amide bonds. The quantitative estimate of drug-likeness (QED) is 0.0551. The normalized spacial score (nSPS) is 18.6. The fourth-order valence-corrected chi connectivity index (χ4v) is 7.38. The molecule has 6 rings (SSSR count). The molecule has 0 unspecified atom stereocenters. The van der Waals surface area contributed by atoms with E-state index in [4.69, 9.17) is 23.7 Å². The first-order valence-corrected chi connectivity index (χ1v) is 20.1. The van der Waals surface area contributed by atoms with Crippen LogP contribution < -0.4 is 0 Å². The van der Waals surface area contributed by atoms with E-state index in [1.165, 1.54) is 16.7 Å². The minimum absolute atomic E-state index is 0.146. The minimum atomic E-state index is -0.267. The Morgan fingerprint density at radius 2 is 1.12 bits per heavy atom. The molecule has 0 bridgehead atoms. The van der Waals surface area contributed by atoms with Gasteiger partial charge in [0.15, 0.2) is 0 Å². The lowest BCUT2D eigenvalue weighted by molar-refractivity contribution is -0.184. The Bertz CT molecular complexity index is 1790.